The van der Waals surface area contributed by atoms with E-state index < -0.39 is 11.7 Å². The van der Waals surface area contributed by atoms with Crippen LogP contribution in [0, 0.1) is 17.3 Å². The SMILES string of the molecule is C=C1[C@@H]2Oc3cc(C(C)(C)CCCC)cc(OCCN=C(N)NC(=O)OC(C)(C)C)c3[C@@H]2[C@H]2C[C@@H]1C2(C)C. The van der Waals surface area contributed by atoms with Gasteiger partial charge < -0.3 is 19.9 Å². The Hall–Kier alpha value is -2.70. The Labute approximate surface area is 228 Å². The van der Waals surface area contributed by atoms with E-state index >= 15 is 0 Å². The Balaban J connectivity index is 1.56. The lowest BCUT2D eigenvalue weighted by molar-refractivity contribution is -0.0727. The summed E-state index contributed by atoms with van der Waals surface area (Å²) in [4.78, 5) is 16.2. The Morgan fingerprint density at radius 2 is 1.97 bits per heavy atom. The highest BCUT2D eigenvalue weighted by atomic mass is 16.6. The van der Waals surface area contributed by atoms with Crippen LogP contribution in [0.15, 0.2) is 29.3 Å². The zero-order valence-corrected chi connectivity index (χ0v) is 24.6. The molecule has 7 heteroatoms. The first-order valence-electron chi connectivity index (χ1n) is 14.1. The maximum atomic E-state index is 12.0. The normalized spacial score (nSPS) is 25.6. The molecule has 1 amide bonds. The van der Waals surface area contributed by atoms with E-state index in [0.29, 0.717) is 25.0 Å². The van der Waals surface area contributed by atoms with Gasteiger partial charge in [-0.25, -0.2) is 9.79 Å². The summed E-state index contributed by atoms with van der Waals surface area (Å²) in [6.45, 7) is 22.1. The molecule has 3 N–H and O–H groups in total. The molecule has 0 unspecified atom stereocenters. The molecule has 3 saturated carbocycles. The molecule has 1 aromatic carbocycles. The molecule has 3 aliphatic carbocycles. The summed E-state index contributed by atoms with van der Waals surface area (Å²) in [7, 11) is 0. The van der Waals surface area contributed by atoms with Crippen LogP contribution in [0.5, 0.6) is 11.5 Å². The maximum absolute atomic E-state index is 12.0. The van der Waals surface area contributed by atoms with E-state index in [9.17, 15) is 4.79 Å². The van der Waals surface area contributed by atoms with Crippen LogP contribution in [0.1, 0.15) is 98.1 Å². The Morgan fingerprint density at radius 1 is 1.26 bits per heavy atom. The van der Waals surface area contributed by atoms with E-state index in [1.54, 1.807) is 20.8 Å². The summed E-state index contributed by atoms with van der Waals surface area (Å²) >= 11 is 0. The second-order valence-electron chi connectivity index (χ2n) is 13.5. The lowest BCUT2D eigenvalue weighted by atomic mass is 9.43. The number of hydrogen-bond acceptors (Lipinski definition) is 5. The lowest BCUT2D eigenvalue weighted by Gasteiger charge is -2.61. The van der Waals surface area contributed by atoms with Crippen molar-refractivity contribution in [2.75, 3.05) is 13.2 Å². The smallest absolute Gasteiger partial charge is 0.414 e. The number of amides is 1. The quantitative estimate of drug-likeness (QED) is 0.176. The minimum absolute atomic E-state index is 0.00140. The Morgan fingerprint density at radius 3 is 2.61 bits per heavy atom. The number of nitrogens with zero attached hydrogens (tertiary/aromatic N) is 1. The number of nitrogens with two attached hydrogens (primary N) is 1. The van der Waals surface area contributed by atoms with Gasteiger partial charge in [-0.3, -0.25) is 5.32 Å². The van der Waals surface area contributed by atoms with Crippen LogP contribution in [0.4, 0.5) is 4.79 Å². The minimum atomic E-state index is -0.623. The number of guanidine groups is 1. The second kappa shape index (κ2) is 10.1. The highest BCUT2D eigenvalue weighted by Gasteiger charge is 2.63. The van der Waals surface area contributed by atoms with Crippen molar-refractivity contribution in [2.24, 2.45) is 28.0 Å². The van der Waals surface area contributed by atoms with Crippen LogP contribution in [0.25, 0.3) is 0 Å². The molecule has 1 heterocycles. The summed E-state index contributed by atoms with van der Waals surface area (Å²) in [5.74, 6) is 3.13. The topological polar surface area (TPSA) is 95.2 Å². The highest BCUT2D eigenvalue weighted by Crippen LogP contribution is 2.69. The maximum Gasteiger partial charge on any atom is 0.414 e. The fraction of sp³-hybridized carbons (Fsp3) is 0.677. The van der Waals surface area contributed by atoms with Crippen molar-refractivity contribution >= 4 is 12.1 Å². The third-order valence-electron chi connectivity index (χ3n) is 8.80. The van der Waals surface area contributed by atoms with Gasteiger partial charge in [0.25, 0.3) is 0 Å². The average Bonchev–Trinajstić information content (AvgIpc) is 3.19. The number of fused-ring (bicyclic) bond motifs is 1. The number of alkyl carbamates (subject to hydrolysis) is 1. The van der Waals surface area contributed by atoms with Gasteiger partial charge in [-0.15, -0.1) is 0 Å². The van der Waals surface area contributed by atoms with Crippen LogP contribution in [0.2, 0.25) is 0 Å². The summed E-state index contributed by atoms with van der Waals surface area (Å²) in [6, 6.07) is 4.46. The van der Waals surface area contributed by atoms with Crippen molar-refractivity contribution in [3.05, 3.63) is 35.4 Å². The van der Waals surface area contributed by atoms with Crippen LogP contribution in [-0.2, 0) is 10.2 Å². The van der Waals surface area contributed by atoms with Gasteiger partial charge in [-0.2, -0.15) is 0 Å². The number of ether oxygens (including phenoxy) is 3. The third kappa shape index (κ3) is 5.39. The van der Waals surface area contributed by atoms with Crippen LogP contribution >= 0.6 is 0 Å². The number of hydrogen-bond donors (Lipinski definition) is 2. The van der Waals surface area contributed by atoms with E-state index in [1.807, 2.05) is 0 Å². The summed E-state index contributed by atoms with van der Waals surface area (Å²) in [6.07, 6.45) is 3.98. The zero-order chi connectivity index (χ0) is 28.0. The van der Waals surface area contributed by atoms with Gasteiger partial charge in [0.2, 0.25) is 0 Å². The predicted octanol–water partition coefficient (Wildman–Crippen LogP) is 6.45. The lowest BCUT2D eigenvalue weighted by Crippen LogP contribution is -2.57. The molecule has 3 fully saturated rings. The van der Waals surface area contributed by atoms with E-state index in [-0.39, 0.29) is 28.8 Å². The fourth-order valence-corrected chi connectivity index (χ4v) is 6.55. The molecule has 210 valence electrons. The molecule has 7 nitrogen and oxygen atoms in total. The molecule has 0 aromatic heterocycles. The summed E-state index contributed by atoms with van der Waals surface area (Å²) in [5, 5.41) is 2.47. The highest BCUT2D eigenvalue weighted by molar-refractivity contribution is 5.92. The Bertz CT molecular complexity index is 1110. The Kier molecular flexibility index (Phi) is 7.54. The first-order valence-corrected chi connectivity index (χ1v) is 14.1. The van der Waals surface area contributed by atoms with Gasteiger partial charge in [-0.1, -0.05) is 54.0 Å². The molecule has 5 rings (SSSR count). The largest absolute Gasteiger partial charge is 0.491 e. The number of aliphatic imine (C=N–C) groups is 1. The van der Waals surface area contributed by atoms with Gasteiger partial charge in [0.05, 0.1) is 6.54 Å². The van der Waals surface area contributed by atoms with Gasteiger partial charge in [-0.05, 0) is 79.5 Å². The first kappa shape index (κ1) is 28.3. The molecular formula is C31H47N3O4. The van der Waals surface area contributed by atoms with E-state index in [2.05, 4.69) is 63.6 Å². The molecular weight excluding hydrogens is 478 g/mol. The predicted molar refractivity (Wildman–Crippen MR) is 152 cm³/mol. The second-order valence-corrected chi connectivity index (χ2v) is 13.5. The van der Waals surface area contributed by atoms with Crippen molar-refractivity contribution in [3.8, 4) is 11.5 Å². The molecule has 1 aromatic rings. The molecule has 4 aliphatic rings. The number of carbonyl (C=O) groups excluding carboxylic acids is 1. The molecule has 0 radical (unpaired) electrons. The number of rotatable bonds is 8. The van der Waals surface area contributed by atoms with Crippen molar-refractivity contribution in [1.29, 1.82) is 0 Å². The minimum Gasteiger partial charge on any atom is -0.491 e. The summed E-state index contributed by atoms with van der Waals surface area (Å²) in [5.41, 5.74) is 9.13. The fourth-order valence-electron chi connectivity index (χ4n) is 6.55. The number of nitrogens with one attached hydrogen (secondary N) is 1. The van der Waals surface area contributed by atoms with E-state index in [1.165, 1.54) is 23.1 Å². The average molecular weight is 526 g/mol. The van der Waals surface area contributed by atoms with Crippen molar-refractivity contribution in [1.82, 2.24) is 5.32 Å². The number of unbranched alkanes of at least 4 members (excludes halogenated alkanes) is 1. The number of benzene rings is 1. The van der Waals surface area contributed by atoms with Gasteiger partial charge in [0, 0.05) is 11.5 Å². The molecule has 1 aliphatic heterocycles. The molecule has 38 heavy (non-hydrogen) atoms. The third-order valence-corrected chi connectivity index (χ3v) is 8.80. The standard InChI is InChI=1S/C31H47N3O4/c1-10-11-12-30(6,7)19-15-22(36-14-13-33-27(32)34-28(35)38-29(3,4)5)25-23(16-19)37-26-18(2)20-17-21(24(25)26)31(20,8)9/h15-16,20-21,24,26H,2,10-14,17H2,1,3-9H3,(H3,32,33,34,35)/t20-,21+,24-,26-/m0/s1. The van der Waals surface area contributed by atoms with E-state index in [0.717, 1.165) is 30.8 Å². The molecule has 0 spiro atoms. The number of carbonyl (C=O) groups is 1. The molecule has 2 bridgehead atoms. The first-order chi connectivity index (χ1) is 17.7. The zero-order valence-electron chi connectivity index (χ0n) is 24.6. The van der Waals surface area contributed by atoms with Gasteiger partial charge in [0.1, 0.15) is 29.8 Å². The molecule has 4 atom stereocenters. The monoisotopic (exact) mass is 525 g/mol. The van der Waals surface area contributed by atoms with Crippen molar-refractivity contribution in [2.45, 2.75) is 104 Å². The molecule has 0 saturated heterocycles. The van der Waals surface area contributed by atoms with Crippen molar-refractivity contribution in [3.63, 3.8) is 0 Å². The van der Waals surface area contributed by atoms with E-state index in [4.69, 9.17) is 19.9 Å². The van der Waals surface area contributed by atoms with Gasteiger partial charge >= 0.3 is 6.09 Å². The van der Waals surface area contributed by atoms with Gasteiger partial charge in [0.15, 0.2) is 5.96 Å². The van der Waals surface area contributed by atoms with Crippen LogP contribution < -0.4 is 20.5 Å². The van der Waals surface area contributed by atoms with Crippen LogP contribution in [-0.4, -0.2) is 36.9 Å². The van der Waals surface area contributed by atoms with Crippen LogP contribution in [0.3, 0.4) is 0 Å². The summed E-state index contributed by atoms with van der Waals surface area (Å²) < 4.78 is 18.3. The van der Waals surface area contributed by atoms with Crippen molar-refractivity contribution < 1.29 is 19.0 Å².